The van der Waals surface area contributed by atoms with Crippen LogP contribution in [0.1, 0.15) is 41.4 Å². The zero-order valence-electron chi connectivity index (χ0n) is 16.7. The van der Waals surface area contributed by atoms with E-state index in [1.54, 1.807) is 6.33 Å². The fourth-order valence-corrected chi connectivity index (χ4v) is 4.14. The summed E-state index contributed by atoms with van der Waals surface area (Å²) >= 11 is 0. The first-order chi connectivity index (χ1) is 14.6. The van der Waals surface area contributed by atoms with Crippen LogP contribution >= 0.6 is 0 Å². The minimum atomic E-state index is -0.235. The molecule has 0 aliphatic carbocycles. The summed E-state index contributed by atoms with van der Waals surface area (Å²) < 4.78 is 17.2. The molecule has 30 heavy (non-hydrogen) atoms. The van der Waals surface area contributed by atoms with Gasteiger partial charge in [0, 0.05) is 29.8 Å². The van der Waals surface area contributed by atoms with Crippen LogP contribution in [-0.4, -0.2) is 29.4 Å². The zero-order chi connectivity index (χ0) is 20.7. The lowest BCUT2D eigenvalue weighted by molar-refractivity contribution is 0.281. The van der Waals surface area contributed by atoms with E-state index >= 15 is 0 Å². The first-order valence-electron chi connectivity index (χ1n) is 10.1. The van der Waals surface area contributed by atoms with Gasteiger partial charge >= 0.3 is 0 Å². The number of rotatable bonds is 4. The third kappa shape index (κ3) is 3.31. The quantitative estimate of drug-likeness (QED) is 0.559. The Balaban J connectivity index is 1.52. The highest BCUT2D eigenvalue weighted by Crippen LogP contribution is 2.34. The molecule has 0 saturated carbocycles. The maximum Gasteiger partial charge on any atom is 0.181 e. The minimum Gasteiger partial charge on any atom is -0.392 e. The smallest absolute Gasteiger partial charge is 0.181 e. The van der Waals surface area contributed by atoms with Crippen molar-refractivity contribution in [2.45, 2.75) is 38.8 Å². The van der Waals surface area contributed by atoms with E-state index in [1.807, 2.05) is 52.7 Å². The predicted molar refractivity (Wildman–Crippen MR) is 111 cm³/mol. The Morgan fingerprint density at radius 2 is 2.00 bits per heavy atom. The van der Waals surface area contributed by atoms with Crippen LogP contribution in [0.25, 0.3) is 17.1 Å². The molecule has 0 bridgehead atoms. The molecular formula is C23H22FN5O. The predicted octanol–water partition coefficient (Wildman–Crippen LogP) is 4.00. The van der Waals surface area contributed by atoms with Gasteiger partial charge in [-0.25, -0.2) is 19.0 Å². The summed E-state index contributed by atoms with van der Waals surface area (Å²) in [5.41, 5.74) is 4.50. The number of nitrogens with zero attached hydrogens (tertiary/aromatic N) is 5. The number of imidazole rings is 1. The number of aliphatic hydroxyl groups excluding tert-OH is 1. The van der Waals surface area contributed by atoms with Crippen LogP contribution < -0.4 is 0 Å². The molecule has 1 N–H and O–H groups in total. The molecule has 4 aromatic rings. The number of hydrogen-bond donors (Lipinski definition) is 1. The maximum absolute atomic E-state index is 13.3. The molecule has 0 radical (unpaired) electrons. The van der Waals surface area contributed by atoms with Crippen molar-refractivity contribution in [2.75, 3.05) is 0 Å². The maximum atomic E-state index is 13.3. The van der Waals surface area contributed by atoms with Gasteiger partial charge in [-0.05, 0) is 55.7 Å². The molecule has 0 amide bonds. The molecule has 2 aromatic heterocycles. The van der Waals surface area contributed by atoms with E-state index in [2.05, 4.69) is 4.98 Å². The van der Waals surface area contributed by atoms with Gasteiger partial charge in [-0.1, -0.05) is 12.1 Å². The minimum absolute atomic E-state index is 0.0911. The summed E-state index contributed by atoms with van der Waals surface area (Å²) in [6, 6.07) is 12.5. The number of aryl methyl sites for hydroxylation is 2. The van der Waals surface area contributed by atoms with E-state index in [1.165, 1.54) is 12.1 Å². The van der Waals surface area contributed by atoms with Gasteiger partial charge in [-0.2, -0.15) is 5.10 Å². The van der Waals surface area contributed by atoms with Gasteiger partial charge in [0.25, 0.3) is 0 Å². The Bertz CT molecular complexity index is 1190. The lowest BCUT2D eigenvalue weighted by atomic mass is 9.91. The van der Waals surface area contributed by atoms with Crippen LogP contribution in [0.4, 0.5) is 4.39 Å². The van der Waals surface area contributed by atoms with Crippen LogP contribution in [0.3, 0.4) is 0 Å². The van der Waals surface area contributed by atoms with Gasteiger partial charge in [0.05, 0.1) is 24.3 Å². The Kier molecular flexibility index (Phi) is 4.67. The highest BCUT2D eigenvalue weighted by atomic mass is 19.1. The average molecular weight is 403 g/mol. The summed E-state index contributed by atoms with van der Waals surface area (Å²) in [5, 5.41) is 14.6. The Morgan fingerprint density at radius 1 is 1.17 bits per heavy atom. The highest BCUT2D eigenvalue weighted by molar-refractivity contribution is 5.60. The average Bonchev–Trinajstić information content (AvgIpc) is 3.40. The summed E-state index contributed by atoms with van der Waals surface area (Å²) in [6.45, 7) is 2.66. The zero-order valence-corrected chi connectivity index (χ0v) is 16.7. The molecule has 1 aliphatic heterocycles. The normalized spacial score (nSPS) is 15.9. The van der Waals surface area contributed by atoms with Crippen molar-refractivity contribution < 1.29 is 9.50 Å². The van der Waals surface area contributed by atoms with Crippen LogP contribution in [0.2, 0.25) is 0 Å². The second-order valence-electron chi connectivity index (χ2n) is 7.69. The Hall–Kier alpha value is -3.32. The van der Waals surface area contributed by atoms with Gasteiger partial charge in [0.2, 0.25) is 0 Å². The summed E-state index contributed by atoms with van der Waals surface area (Å²) in [6.07, 6.45) is 5.63. The molecular weight excluding hydrogens is 381 g/mol. The number of fused-ring (bicyclic) bond motifs is 1. The largest absolute Gasteiger partial charge is 0.392 e. The first-order valence-corrected chi connectivity index (χ1v) is 10.1. The van der Waals surface area contributed by atoms with Crippen molar-refractivity contribution in [3.8, 4) is 17.1 Å². The van der Waals surface area contributed by atoms with E-state index in [0.29, 0.717) is 5.82 Å². The van der Waals surface area contributed by atoms with E-state index < -0.39 is 0 Å². The second-order valence-corrected chi connectivity index (χ2v) is 7.69. The lowest BCUT2D eigenvalue weighted by Crippen LogP contribution is -2.17. The topological polar surface area (TPSA) is 68.8 Å². The number of hydrogen-bond acceptors (Lipinski definition) is 4. The lowest BCUT2D eigenvalue weighted by Gasteiger charge is -2.22. The molecule has 7 heteroatoms. The number of halogens is 1. The SMILES string of the molecule is Cc1cn(-c2ccc(-c3nc4n(n3)CCCC4c3ccc(F)cc3)cc2CO)cn1. The van der Waals surface area contributed by atoms with Crippen molar-refractivity contribution >= 4 is 0 Å². The monoisotopic (exact) mass is 403 g/mol. The third-order valence-corrected chi connectivity index (χ3v) is 5.65. The van der Waals surface area contributed by atoms with E-state index in [9.17, 15) is 9.50 Å². The van der Waals surface area contributed by atoms with Gasteiger partial charge < -0.3 is 9.67 Å². The highest BCUT2D eigenvalue weighted by Gasteiger charge is 2.26. The molecule has 152 valence electrons. The van der Waals surface area contributed by atoms with Crippen molar-refractivity contribution in [1.82, 2.24) is 24.3 Å². The summed E-state index contributed by atoms with van der Waals surface area (Å²) in [4.78, 5) is 9.11. The van der Waals surface area contributed by atoms with E-state index in [4.69, 9.17) is 10.1 Å². The Labute approximate surface area is 173 Å². The Morgan fingerprint density at radius 3 is 2.73 bits per heavy atom. The van der Waals surface area contributed by atoms with Crippen LogP contribution in [0.15, 0.2) is 55.0 Å². The molecule has 0 spiro atoms. The summed E-state index contributed by atoms with van der Waals surface area (Å²) in [5.74, 6) is 1.41. The molecule has 0 saturated heterocycles. The fourth-order valence-electron chi connectivity index (χ4n) is 4.14. The molecule has 5 rings (SSSR count). The summed E-state index contributed by atoms with van der Waals surface area (Å²) in [7, 11) is 0. The van der Waals surface area contributed by atoms with Crippen molar-refractivity contribution in [3.05, 3.63) is 83.5 Å². The van der Waals surface area contributed by atoms with Gasteiger partial charge in [-0.15, -0.1) is 0 Å². The van der Waals surface area contributed by atoms with E-state index in [-0.39, 0.29) is 18.3 Å². The van der Waals surface area contributed by atoms with Crippen molar-refractivity contribution in [1.29, 1.82) is 0 Å². The first kappa shape index (κ1) is 18.7. The van der Waals surface area contributed by atoms with Crippen LogP contribution in [-0.2, 0) is 13.2 Å². The van der Waals surface area contributed by atoms with Crippen molar-refractivity contribution in [3.63, 3.8) is 0 Å². The van der Waals surface area contributed by atoms with Gasteiger partial charge in [-0.3, -0.25) is 0 Å². The van der Waals surface area contributed by atoms with E-state index in [0.717, 1.165) is 53.3 Å². The van der Waals surface area contributed by atoms with Crippen molar-refractivity contribution in [2.24, 2.45) is 0 Å². The van der Waals surface area contributed by atoms with Crippen LogP contribution in [0.5, 0.6) is 0 Å². The second kappa shape index (κ2) is 7.50. The number of aliphatic hydroxyl groups is 1. The number of benzene rings is 2. The third-order valence-electron chi connectivity index (χ3n) is 5.65. The standard InChI is InChI=1S/C23H22FN5O/c1-15-12-28(14-25-15)21-9-6-17(11-18(21)13-30)22-26-23-20(3-2-10-29(23)27-22)16-4-7-19(24)8-5-16/h4-9,11-12,14,20,30H,2-3,10,13H2,1H3. The number of aromatic nitrogens is 5. The molecule has 1 atom stereocenters. The van der Waals surface area contributed by atoms with Crippen LogP contribution in [0, 0.1) is 12.7 Å². The van der Waals surface area contributed by atoms with Gasteiger partial charge in [0.1, 0.15) is 11.6 Å². The molecule has 2 aromatic carbocycles. The molecule has 3 heterocycles. The molecule has 1 unspecified atom stereocenters. The fraction of sp³-hybridized carbons (Fsp3) is 0.261. The molecule has 6 nitrogen and oxygen atoms in total. The molecule has 1 aliphatic rings. The van der Waals surface area contributed by atoms with Gasteiger partial charge in [0.15, 0.2) is 5.82 Å². The molecule has 0 fully saturated rings.